The molecule has 0 aromatic heterocycles. The number of carbonyl (C=O) groups is 1. The molecule has 0 bridgehead atoms. The van der Waals surface area contributed by atoms with Gasteiger partial charge in [-0.2, -0.15) is 0 Å². The van der Waals surface area contributed by atoms with Gasteiger partial charge in [0.15, 0.2) is 0 Å². The summed E-state index contributed by atoms with van der Waals surface area (Å²) in [6, 6.07) is 5.37. The number of hydrogen-bond acceptors (Lipinski definition) is 4. The van der Waals surface area contributed by atoms with Crippen molar-refractivity contribution in [3.8, 4) is 0 Å². The van der Waals surface area contributed by atoms with Crippen LogP contribution in [0.3, 0.4) is 0 Å². The number of carbonyl (C=O) groups excluding carboxylic acids is 1. The van der Waals surface area contributed by atoms with Crippen molar-refractivity contribution >= 4 is 21.9 Å². The molecule has 1 saturated heterocycles. The van der Waals surface area contributed by atoms with Gasteiger partial charge in [0, 0.05) is 11.1 Å². The monoisotopic (exact) mass is 342 g/mol. The zero-order valence-corrected chi connectivity index (χ0v) is 13.1. The van der Waals surface area contributed by atoms with Gasteiger partial charge < -0.3 is 14.2 Å². The molecule has 110 valence electrons. The average molecular weight is 343 g/mol. The summed E-state index contributed by atoms with van der Waals surface area (Å²) in [5.74, 6) is -0.339. The highest BCUT2D eigenvalue weighted by atomic mass is 79.9. The van der Waals surface area contributed by atoms with Crippen LogP contribution in [0.2, 0.25) is 0 Å². The Kier molecular flexibility index (Phi) is 6.01. The summed E-state index contributed by atoms with van der Waals surface area (Å²) in [6.45, 7) is 1.96. The minimum atomic E-state index is -0.339. The molecular weight excluding hydrogens is 324 g/mol. The van der Waals surface area contributed by atoms with Crippen LogP contribution in [0.4, 0.5) is 0 Å². The van der Waals surface area contributed by atoms with Crippen LogP contribution in [-0.2, 0) is 20.8 Å². The van der Waals surface area contributed by atoms with Crippen LogP contribution in [0.1, 0.15) is 35.2 Å². The lowest BCUT2D eigenvalue weighted by atomic mass is 10.1. The second kappa shape index (κ2) is 7.76. The summed E-state index contributed by atoms with van der Waals surface area (Å²) in [5.41, 5.74) is 1.53. The third-order valence-corrected chi connectivity index (χ3v) is 4.05. The Hall–Kier alpha value is -0.910. The maximum Gasteiger partial charge on any atom is 0.337 e. The van der Waals surface area contributed by atoms with Crippen LogP contribution in [-0.4, -0.2) is 32.4 Å². The topological polar surface area (TPSA) is 44.8 Å². The van der Waals surface area contributed by atoms with E-state index >= 15 is 0 Å². The first-order valence-corrected chi connectivity index (χ1v) is 7.56. The lowest BCUT2D eigenvalue weighted by molar-refractivity contribution is -0.0448. The van der Waals surface area contributed by atoms with Crippen LogP contribution >= 0.6 is 15.9 Å². The number of halogens is 1. The summed E-state index contributed by atoms with van der Waals surface area (Å²) >= 11 is 3.45. The van der Waals surface area contributed by atoms with Crippen molar-refractivity contribution in [1.29, 1.82) is 0 Å². The number of methoxy groups -OCH3 is 1. The van der Waals surface area contributed by atoms with Crippen molar-refractivity contribution in [1.82, 2.24) is 0 Å². The second-order valence-electron chi connectivity index (χ2n) is 4.80. The molecular formula is C15H19BrO4. The molecule has 1 atom stereocenters. The predicted molar refractivity (Wildman–Crippen MR) is 78.7 cm³/mol. The standard InChI is InChI=1S/C15H19BrO4/c1-18-15(17)11-5-6-12(14(16)8-11)9-19-10-13-4-2-3-7-20-13/h5-6,8,13H,2-4,7,9-10H2,1H3. The highest BCUT2D eigenvalue weighted by Crippen LogP contribution is 2.21. The predicted octanol–water partition coefficient (Wildman–Crippen LogP) is 3.32. The maximum absolute atomic E-state index is 11.4. The van der Waals surface area contributed by atoms with E-state index in [4.69, 9.17) is 9.47 Å². The SMILES string of the molecule is COC(=O)c1ccc(COCC2CCCCO2)c(Br)c1. The first kappa shape index (κ1) is 15.5. The Labute approximate surface area is 127 Å². The fourth-order valence-corrected chi connectivity index (χ4v) is 2.64. The van der Waals surface area contributed by atoms with E-state index in [1.165, 1.54) is 13.5 Å². The molecule has 1 unspecified atom stereocenters. The zero-order chi connectivity index (χ0) is 14.4. The Morgan fingerprint density at radius 1 is 1.45 bits per heavy atom. The van der Waals surface area contributed by atoms with Crippen molar-refractivity contribution < 1.29 is 19.0 Å². The normalized spacial score (nSPS) is 18.8. The lowest BCUT2D eigenvalue weighted by Gasteiger charge is -2.22. The van der Waals surface area contributed by atoms with Gasteiger partial charge in [-0.1, -0.05) is 22.0 Å². The van der Waals surface area contributed by atoms with Crippen molar-refractivity contribution in [3.05, 3.63) is 33.8 Å². The molecule has 0 radical (unpaired) electrons. The van der Waals surface area contributed by atoms with Crippen LogP contribution in [0, 0.1) is 0 Å². The lowest BCUT2D eigenvalue weighted by Crippen LogP contribution is -2.24. The number of rotatable bonds is 5. The first-order chi connectivity index (χ1) is 9.70. The Balaban J connectivity index is 1.84. The molecule has 1 aliphatic heterocycles. The molecule has 4 nitrogen and oxygen atoms in total. The van der Waals surface area contributed by atoms with Crippen LogP contribution in [0.25, 0.3) is 0 Å². The van der Waals surface area contributed by atoms with Crippen LogP contribution in [0.5, 0.6) is 0 Å². The van der Waals surface area contributed by atoms with E-state index in [2.05, 4.69) is 20.7 Å². The molecule has 0 amide bonds. The highest BCUT2D eigenvalue weighted by Gasteiger charge is 2.14. The van der Waals surface area contributed by atoms with Crippen LogP contribution in [0.15, 0.2) is 22.7 Å². The number of benzene rings is 1. The molecule has 1 aromatic rings. The van der Waals surface area contributed by atoms with E-state index in [1.807, 2.05) is 6.07 Å². The summed E-state index contributed by atoms with van der Waals surface area (Å²) in [4.78, 5) is 11.4. The van der Waals surface area contributed by atoms with E-state index in [0.29, 0.717) is 18.8 Å². The molecule has 1 aliphatic rings. The van der Waals surface area contributed by atoms with Gasteiger partial charge >= 0.3 is 5.97 Å². The van der Waals surface area contributed by atoms with E-state index in [9.17, 15) is 4.79 Å². The molecule has 20 heavy (non-hydrogen) atoms. The summed E-state index contributed by atoms with van der Waals surface area (Å²) < 4.78 is 16.8. The summed E-state index contributed by atoms with van der Waals surface area (Å²) in [7, 11) is 1.37. The van der Waals surface area contributed by atoms with Gasteiger partial charge in [0.1, 0.15) is 0 Å². The zero-order valence-electron chi connectivity index (χ0n) is 11.6. The average Bonchev–Trinajstić information content (AvgIpc) is 2.49. The van der Waals surface area contributed by atoms with Crippen molar-refractivity contribution in [2.75, 3.05) is 20.3 Å². The molecule has 0 saturated carbocycles. The van der Waals surface area contributed by atoms with E-state index in [0.717, 1.165) is 29.5 Å². The molecule has 5 heteroatoms. The highest BCUT2D eigenvalue weighted by molar-refractivity contribution is 9.10. The first-order valence-electron chi connectivity index (χ1n) is 6.77. The molecule has 1 heterocycles. The van der Waals surface area contributed by atoms with Gasteiger partial charge in [-0.05, 0) is 37.0 Å². The third-order valence-electron chi connectivity index (χ3n) is 3.31. The fourth-order valence-electron chi connectivity index (χ4n) is 2.15. The molecule has 2 rings (SSSR count). The third kappa shape index (κ3) is 4.30. The Morgan fingerprint density at radius 2 is 2.30 bits per heavy atom. The molecule has 0 aliphatic carbocycles. The summed E-state index contributed by atoms with van der Waals surface area (Å²) in [5, 5.41) is 0. The van der Waals surface area contributed by atoms with E-state index in [1.54, 1.807) is 12.1 Å². The van der Waals surface area contributed by atoms with Gasteiger partial charge in [-0.25, -0.2) is 4.79 Å². The molecule has 1 aromatic carbocycles. The van der Waals surface area contributed by atoms with Gasteiger partial charge in [0.2, 0.25) is 0 Å². The fraction of sp³-hybridized carbons (Fsp3) is 0.533. The Bertz CT molecular complexity index is 455. The molecule has 0 spiro atoms. The summed E-state index contributed by atoms with van der Waals surface area (Å²) in [6.07, 6.45) is 3.65. The smallest absolute Gasteiger partial charge is 0.337 e. The van der Waals surface area contributed by atoms with Crippen molar-refractivity contribution in [2.45, 2.75) is 32.0 Å². The van der Waals surface area contributed by atoms with Gasteiger partial charge in [0.25, 0.3) is 0 Å². The van der Waals surface area contributed by atoms with E-state index < -0.39 is 0 Å². The number of ether oxygens (including phenoxy) is 3. The molecule has 1 fully saturated rings. The molecule has 0 N–H and O–H groups in total. The van der Waals surface area contributed by atoms with Gasteiger partial charge in [-0.15, -0.1) is 0 Å². The minimum absolute atomic E-state index is 0.219. The minimum Gasteiger partial charge on any atom is -0.465 e. The second-order valence-corrected chi connectivity index (χ2v) is 5.66. The number of hydrogen-bond donors (Lipinski definition) is 0. The van der Waals surface area contributed by atoms with Gasteiger partial charge in [-0.3, -0.25) is 0 Å². The maximum atomic E-state index is 11.4. The number of esters is 1. The quantitative estimate of drug-likeness (QED) is 0.770. The van der Waals surface area contributed by atoms with Crippen molar-refractivity contribution in [2.24, 2.45) is 0 Å². The van der Waals surface area contributed by atoms with Crippen molar-refractivity contribution in [3.63, 3.8) is 0 Å². The van der Waals surface area contributed by atoms with Crippen LogP contribution < -0.4 is 0 Å². The largest absolute Gasteiger partial charge is 0.465 e. The Morgan fingerprint density at radius 3 is 2.95 bits per heavy atom. The van der Waals surface area contributed by atoms with E-state index in [-0.39, 0.29) is 12.1 Å². The van der Waals surface area contributed by atoms with Gasteiger partial charge in [0.05, 0.1) is 32.0 Å².